The fraction of sp³-hybridized carbons (Fsp3) is 0.517. The van der Waals surface area contributed by atoms with Crippen LogP contribution in [-0.2, 0) is 25.1 Å². The molecule has 0 aromatic heterocycles. The van der Waals surface area contributed by atoms with Crippen molar-refractivity contribution in [3.8, 4) is 5.75 Å². The molecule has 0 heterocycles. The van der Waals surface area contributed by atoms with E-state index in [-0.39, 0.29) is 16.8 Å². The molecule has 0 aliphatic rings. The van der Waals surface area contributed by atoms with Crippen molar-refractivity contribution in [1.82, 2.24) is 0 Å². The van der Waals surface area contributed by atoms with Crippen molar-refractivity contribution in [2.75, 3.05) is 23.0 Å². The molecule has 0 N–H and O–H groups in total. The second kappa shape index (κ2) is 19.1. The van der Waals surface area contributed by atoms with Gasteiger partial charge in [0.05, 0.1) is 6.42 Å². The zero-order valence-corrected chi connectivity index (χ0v) is 24.3. The molecule has 0 fully saturated rings. The van der Waals surface area contributed by atoms with Crippen LogP contribution in [0.5, 0.6) is 5.75 Å². The molecule has 0 spiro atoms. The number of thioether (sulfide) groups is 1. The molecule has 36 heavy (non-hydrogen) atoms. The molecule has 0 saturated heterocycles. The van der Waals surface area contributed by atoms with Crippen molar-refractivity contribution in [1.29, 1.82) is 0 Å². The SMILES string of the molecule is C=C/C=C(\C=C)OC=O.CC(C)(C)CCS(=O)CCCSCCC(C)(C)CC(=O)Oc1ccccc1. The molecule has 0 aliphatic carbocycles. The van der Waals surface area contributed by atoms with Crippen molar-refractivity contribution in [3.63, 3.8) is 0 Å². The normalized spacial score (nSPS) is 12.5. The van der Waals surface area contributed by atoms with E-state index in [1.807, 2.05) is 30.0 Å². The summed E-state index contributed by atoms with van der Waals surface area (Å²) in [6, 6.07) is 9.22. The van der Waals surface area contributed by atoms with Crippen molar-refractivity contribution < 1.29 is 23.3 Å². The van der Waals surface area contributed by atoms with Gasteiger partial charge in [0.15, 0.2) is 0 Å². The van der Waals surface area contributed by atoms with E-state index in [4.69, 9.17) is 4.74 Å². The van der Waals surface area contributed by atoms with Crippen LogP contribution in [0.3, 0.4) is 0 Å². The monoisotopic (exact) mass is 536 g/mol. The number of benzene rings is 1. The maximum absolute atomic E-state index is 12.1. The van der Waals surface area contributed by atoms with Gasteiger partial charge in [0.2, 0.25) is 0 Å². The van der Waals surface area contributed by atoms with E-state index in [9.17, 15) is 13.8 Å². The summed E-state index contributed by atoms with van der Waals surface area (Å²) in [6.07, 6.45) is 7.88. The number of carbonyl (C=O) groups is 2. The zero-order valence-electron chi connectivity index (χ0n) is 22.6. The first kappa shape index (κ1) is 33.9. The van der Waals surface area contributed by atoms with E-state index in [1.165, 1.54) is 12.2 Å². The number of rotatable bonds is 16. The third-order valence-corrected chi connectivity index (χ3v) is 7.40. The van der Waals surface area contributed by atoms with Crippen molar-refractivity contribution in [3.05, 3.63) is 67.5 Å². The standard InChI is InChI=1S/C22H36O3S2.C7H8O2/c1-21(2,3)13-17-27(24)16-9-14-26-15-12-22(4,5)18-20(23)25-19-10-7-6-8-11-19;1-3-5-7(4-2)9-6-8/h6-8,10-11H,9,12-18H2,1-5H3;3-6H,1-2H2/b;7-5+. The van der Waals surface area contributed by atoms with Gasteiger partial charge in [0.25, 0.3) is 6.47 Å². The van der Waals surface area contributed by atoms with Crippen LogP contribution in [0.4, 0.5) is 0 Å². The first-order valence-electron chi connectivity index (χ1n) is 12.2. The molecule has 5 nitrogen and oxygen atoms in total. The van der Waals surface area contributed by atoms with E-state index in [0.717, 1.165) is 42.3 Å². The van der Waals surface area contributed by atoms with Crippen LogP contribution in [0.2, 0.25) is 0 Å². The van der Waals surface area contributed by atoms with Crippen LogP contribution < -0.4 is 4.74 Å². The molecule has 1 aromatic rings. The Morgan fingerprint density at radius 3 is 2.25 bits per heavy atom. The largest absolute Gasteiger partial charge is 0.429 e. The Kier molecular flexibility index (Phi) is 17.9. The number of hydrogen-bond acceptors (Lipinski definition) is 6. The van der Waals surface area contributed by atoms with Crippen LogP contribution in [0.25, 0.3) is 0 Å². The predicted octanol–water partition coefficient (Wildman–Crippen LogP) is 7.12. The third-order valence-electron chi connectivity index (χ3n) is 4.93. The lowest BCUT2D eigenvalue weighted by atomic mass is 9.86. The quantitative estimate of drug-likeness (QED) is 0.0559. The highest BCUT2D eigenvalue weighted by molar-refractivity contribution is 7.99. The average Bonchev–Trinajstić information content (AvgIpc) is 2.80. The van der Waals surface area contributed by atoms with Crippen LogP contribution in [-0.4, -0.2) is 39.7 Å². The first-order chi connectivity index (χ1) is 16.9. The lowest BCUT2D eigenvalue weighted by Crippen LogP contribution is -2.21. The summed E-state index contributed by atoms with van der Waals surface area (Å²) in [5.74, 6) is 4.49. The van der Waals surface area contributed by atoms with Crippen LogP contribution in [0, 0.1) is 10.8 Å². The van der Waals surface area contributed by atoms with E-state index in [2.05, 4.69) is 52.5 Å². The van der Waals surface area contributed by atoms with Gasteiger partial charge in [-0.2, -0.15) is 11.8 Å². The second-order valence-corrected chi connectivity index (χ2v) is 13.1. The van der Waals surface area contributed by atoms with E-state index >= 15 is 0 Å². The molecule has 0 saturated carbocycles. The highest BCUT2D eigenvalue weighted by Gasteiger charge is 2.23. The molecule has 1 atom stereocenters. The molecular formula is C29H44O5S2. The number of allylic oxidation sites excluding steroid dienone is 3. The van der Waals surface area contributed by atoms with E-state index < -0.39 is 10.8 Å². The Labute approximate surface area is 225 Å². The van der Waals surface area contributed by atoms with Crippen molar-refractivity contribution >= 4 is 35.0 Å². The Balaban J connectivity index is 0.00000115. The Bertz CT molecular complexity index is 839. The Morgan fingerprint density at radius 2 is 1.69 bits per heavy atom. The molecule has 0 aliphatic heterocycles. The summed E-state index contributed by atoms with van der Waals surface area (Å²) in [7, 11) is -0.691. The van der Waals surface area contributed by atoms with Crippen molar-refractivity contribution in [2.45, 2.75) is 60.3 Å². The van der Waals surface area contributed by atoms with Crippen LogP contribution >= 0.6 is 11.8 Å². The number of esters is 1. The smallest absolute Gasteiger partial charge is 0.311 e. The van der Waals surface area contributed by atoms with Gasteiger partial charge in [0, 0.05) is 22.3 Å². The first-order valence-corrected chi connectivity index (χ1v) is 14.8. The van der Waals surface area contributed by atoms with Crippen LogP contribution in [0.1, 0.15) is 60.3 Å². The number of carbonyl (C=O) groups excluding carboxylic acids is 2. The maximum atomic E-state index is 12.1. The van der Waals surface area contributed by atoms with Gasteiger partial charge in [-0.3, -0.25) is 13.8 Å². The molecule has 0 bridgehead atoms. The summed E-state index contributed by atoms with van der Waals surface area (Å²) in [4.78, 5) is 21.8. The fourth-order valence-electron chi connectivity index (χ4n) is 2.76. The van der Waals surface area contributed by atoms with Gasteiger partial charge in [0.1, 0.15) is 11.5 Å². The predicted molar refractivity (Wildman–Crippen MR) is 155 cm³/mol. The average molecular weight is 537 g/mol. The fourth-order valence-corrected chi connectivity index (χ4v) is 5.70. The summed E-state index contributed by atoms with van der Waals surface area (Å²) < 4.78 is 21.8. The lowest BCUT2D eigenvalue weighted by Gasteiger charge is -2.23. The molecule has 1 rings (SSSR count). The van der Waals surface area contributed by atoms with Gasteiger partial charge in [-0.1, -0.05) is 72.1 Å². The van der Waals surface area contributed by atoms with Gasteiger partial charge < -0.3 is 9.47 Å². The Hall–Kier alpha value is -2.12. The van der Waals surface area contributed by atoms with Gasteiger partial charge in [-0.05, 0) is 65.9 Å². The van der Waals surface area contributed by atoms with Gasteiger partial charge in [-0.25, -0.2) is 0 Å². The maximum Gasteiger partial charge on any atom is 0.311 e. The summed E-state index contributed by atoms with van der Waals surface area (Å²) >= 11 is 1.89. The topological polar surface area (TPSA) is 69.7 Å². The van der Waals surface area contributed by atoms with Gasteiger partial charge in [-0.15, -0.1) is 0 Å². The second-order valence-electron chi connectivity index (χ2n) is 10.2. The minimum Gasteiger partial charge on any atom is -0.429 e. The highest BCUT2D eigenvalue weighted by Crippen LogP contribution is 2.28. The zero-order chi connectivity index (χ0) is 27.5. The molecule has 7 heteroatoms. The summed E-state index contributed by atoms with van der Waals surface area (Å²) in [5, 5.41) is 0. The molecular weight excluding hydrogens is 492 g/mol. The highest BCUT2D eigenvalue weighted by atomic mass is 32.2. The molecule has 0 radical (unpaired) electrons. The number of hydrogen-bond donors (Lipinski definition) is 0. The van der Waals surface area contributed by atoms with E-state index in [0.29, 0.717) is 24.4 Å². The lowest BCUT2D eigenvalue weighted by molar-refractivity contribution is -0.136. The summed E-state index contributed by atoms with van der Waals surface area (Å²) in [5.41, 5.74) is 0.187. The molecule has 1 unspecified atom stereocenters. The van der Waals surface area contributed by atoms with Gasteiger partial charge >= 0.3 is 5.97 Å². The Morgan fingerprint density at radius 1 is 1.03 bits per heavy atom. The number of para-hydroxylation sites is 1. The van der Waals surface area contributed by atoms with E-state index in [1.54, 1.807) is 18.2 Å². The third kappa shape index (κ3) is 20.1. The van der Waals surface area contributed by atoms with Crippen LogP contribution in [0.15, 0.2) is 67.5 Å². The molecule has 202 valence electrons. The summed E-state index contributed by atoms with van der Waals surface area (Å²) in [6.45, 7) is 18.0. The minimum absolute atomic E-state index is 0.0750. The molecule has 1 aromatic carbocycles. The number of ether oxygens (including phenoxy) is 2. The van der Waals surface area contributed by atoms with Crippen molar-refractivity contribution in [2.24, 2.45) is 10.8 Å². The molecule has 0 amide bonds. The minimum atomic E-state index is -0.691.